The summed E-state index contributed by atoms with van der Waals surface area (Å²) in [6, 6.07) is 0. The third-order valence-electron chi connectivity index (χ3n) is 14.8. The first-order valence-electron chi connectivity index (χ1n) is 34.2. The van der Waals surface area contributed by atoms with Gasteiger partial charge in [-0.1, -0.05) is 317 Å². The fraction of sp³-hybridized carbons (Fsp3) is 0.743. The van der Waals surface area contributed by atoms with E-state index in [4.69, 9.17) is 14.2 Å². The highest BCUT2D eigenvalue weighted by atomic mass is 16.6. The minimum atomic E-state index is -0.802. The molecule has 0 heterocycles. The van der Waals surface area contributed by atoms with Crippen LogP contribution in [-0.2, 0) is 28.6 Å². The molecule has 6 nitrogen and oxygen atoms in total. The van der Waals surface area contributed by atoms with Crippen LogP contribution in [0.4, 0.5) is 0 Å². The minimum absolute atomic E-state index is 0.0935. The van der Waals surface area contributed by atoms with Gasteiger partial charge in [-0.2, -0.15) is 0 Å². The summed E-state index contributed by atoms with van der Waals surface area (Å²) in [5, 5.41) is 0. The van der Waals surface area contributed by atoms with Gasteiger partial charge in [0, 0.05) is 19.3 Å². The second-order valence-corrected chi connectivity index (χ2v) is 22.7. The van der Waals surface area contributed by atoms with Crippen LogP contribution in [0.3, 0.4) is 0 Å². The average Bonchev–Trinajstić information content (AvgIpc) is 3.46. The van der Waals surface area contributed by atoms with Crippen LogP contribution >= 0.6 is 0 Å². The summed E-state index contributed by atoms with van der Waals surface area (Å²) in [5.74, 6) is -0.940. The highest BCUT2D eigenvalue weighted by Crippen LogP contribution is 2.17. The van der Waals surface area contributed by atoms with E-state index in [0.29, 0.717) is 19.3 Å². The number of hydrogen-bond acceptors (Lipinski definition) is 6. The van der Waals surface area contributed by atoms with Crippen molar-refractivity contribution in [2.75, 3.05) is 13.2 Å². The molecule has 0 rings (SSSR count). The fourth-order valence-corrected chi connectivity index (χ4v) is 9.72. The number of esters is 3. The zero-order valence-corrected chi connectivity index (χ0v) is 52.8. The SMILES string of the molecule is CC/C=C\C/C=C\C/C=C\C/C=C\C/C=C\CCCC(=O)OCC(COC(=O)CCCCCCCCCCCCCC/C=C\C/C=C\C/C=C\CCCCCCC)OC(=O)CCCCCCCCCCCCCCCCCCCC. The summed E-state index contributed by atoms with van der Waals surface area (Å²) in [5.41, 5.74) is 0. The highest BCUT2D eigenvalue weighted by molar-refractivity contribution is 5.71. The summed E-state index contributed by atoms with van der Waals surface area (Å²) in [6.45, 7) is 6.51. The molecule has 0 aliphatic rings. The van der Waals surface area contributed by atoms with E-state index in [2.05, 4.69) is 118 Å². The summed E-state index contributed by atoms with van der Waals surface area (Å²) in [6.07, 6.45) is 91.5. The van der Waals surface area contributed by atoms with Gasteiger partial charge in [-0.15, -0.1) is 0 Å². The monoisotopic (exact) mass is 1110 g/mol. The third kappa shape index (κ3) is 65.1. The fourth-order valence-electron chi connectivity index (χ4n) is 9.72. The van der Waals surface area contributed by atoms with Crippen LogP contribution < -0.4 is 0 Å². The minimum Gasteiger partial charge on any atom is -0.462 e. The molecule has 460 valence electrons. The average molecular weight is 1110 g/mol. The van der Waals surface area contributed by atoms with E-state index < -0.39 is 6.10 Å². The molecule has 0 amide bonds. The molecule has 0 saturated heterocycles. The molecule has 0 N–H and O–H groups in total. The molecule has 80 heavy (non-hydrogen) atoms. The van der Waals surface area contributed by atoms with Gasteiger partial charge in [0.15, 0.2) is 6.10 Å². The lowest BCUT2D eigenvalue weighted by molar-refractivity contribution is -0.167. The Bertz CT molecular complexity index is 1560. The van der Waals surface area contributed by atoms with Crippen LogP contribution in [0.1, 0.15) is 335 Å². The molecule has 6 heteroatoms. The van der Waals surface area contributed by atoms with E-state index >= 15 is 0 Å². The molecular weight excluding hydrogens is 985 g/mol. The predicted molar refractivity (Wildman–Crippen MR) is 348 cm³/mol. The van der Waals surface area contributed by atoms with Crippen molar-refractivity contribution in [3.05, 3.63) is 97.2 Å². The van der Waals surface area contributed by atoms with E-state index in [-0.39, 0.29) is 37.5 Å². The van der Waals surface area contributed by atoms with E-state index in [0.717, 1.165) is 89.9 Å². The Labute approximate surface area is 496 Å². The Morgan fingerprint density at radius 1 is 0.263 bits per heavy atom. The van der Waals surface area contributed by atoms with Gasteiger partial charge < -0.3 is 14.2 Å². The molecule has 0 aromatic heterocycles. The van der Waals surface area contributed by atoms with E-state index in [1.807, 2.05) is 0 Å². The van der Waals surface area contributed by atoms with Crippen molar-refractivity contribution in [2.24, 2.45) is 0 Å². The molecular formula is C74H128O6. The molecule has 0 aliphatic carbocycles. The van der Waals surface area contributed by atoms with Gasteiger partial charge in [-0.05, 0) is 96.3 Å². The van der Waals surface area contributed by atoms with Crippen molar-refractivity contribution in [1.29, 1.82) is 0 Å². The van der Waals surface area contributed by atoms with Crippen LogP contribution in [0, 0.1) is 0 Å². The zero-order valence-electron chi connectivity index (χ0n) is 52.8. The standard InChI is InChI=1S/C74H128O6/c1-4-7-10-13-16-19-22-25-28-31-33-34-35-36-37-38-39-40-41-44-46-49-52-55-58-61-64-67-73(76)79-70-71(69-78-72(75)66-63-60-57-54-51-48-45-42-30-27-24-21-18-15-12-9-6-3)80-74(77)68-65-62-59-56-53-50-47-43-32-29-26-23-20-17-14-11-8-5-2/h9,12,18,21-22,25,27,30-31,33,35-36,45,48,54,57,71H,4-8,10-11,13-17,19-20,23-24,26,28-29,32,34,37-44,46-47,49-53,55-56,58-70H2,1-3H3/b12-9-,21-18-,25-22-,30-27-,33-31-,36-35-,48-45-,57-54-. The summed E-state index contributed by atoms with van der Waals surface area (Å²) in [7, 11) is 0. The maximum atomic E-state index is 12.9. The summed E-state index contributed by atoms with van der Waals surface area (Å²) in [4.78, 5) is 38.4. The van der Waals surface area contributed by atoms with E-state index in [1.54, 1.807) is 0 Å². The van der Waals surface area contributed by atoms with Gasteiger partial charge in [0.1, 0.15) is 13.2 Å². The number of hydrogen-bond donors (Lipinski definition) is 0. The van der Waals surface area contributed by atoms with Crippen molar-refractivity contribution in [2.45, 2.75) is 341 Å². The molecule has 0 aromatic carbocycles. The lowest BCUT2D eigenvalue weighted by Crippen LogP contribution is -2.30. The molecule has 0 saturated carbocycles. The number of ether oxygens (including phenoxy) is 3. The summed E-state index contributed by atoms with van der Waals surface area (Å²) >= 11 is 0. The molecule has 0 spiro atoms. The van der Waals surface area contributed by atoms with E-state index in [9.17, 15) is 14.4 Å². The Morgan fingerprint density at radius 2 is 0.500 bits per heavy atom. The maximum Gasteiger partial charge on any atom is 0.306 e. The van der Waals surface area contributed by atoms with Gasteiger partial charge in [0.25, 0.3) is 0 Å². The van der Waals surface area contributed by atoms with Crippen LogP contribution in [0.5, 0.6) is 0 Å². The van der Waals surface area contributed by atoms with Crippen LogP contribution in [0.15, 0.2) is 97.2 Å². The smallest absolute Gasteiger partial charge is 0.306 e. The van der Waals surface area contributed by atoms with Crippen molar-refractivity contribution >= 4 is 17.9 Å². The first-order valence-corrected chi connectivity index (χ1v) is 34.2. The summed E-state index contributed by atoms with van der Waals surface area (Å²) < 4.78 is 16.9. The van der Waals surface area contributed by atoms with Gasteiger partial charge in [0.05, 0.1) is 0 Å². The van der Waals surface area contributed by atoms with Crippen LogP contribution in [0.25, 0.3) is 0 Å². The number of allylic oxidation sites excluding steroid dienone is 16. The second-order valence-electron chi connectivity index (χ2n) is 22.7. The normalized spacial score (nSPS) is 12.7. The Kier molecular flexibility index (Phi) is 64.7. The Morgan fingerprint density at radius 3 is 0.812 bits per heavy atom. The molecule has 0 aromatic rings. The molecule has 1 atom stereocenters. The lowest BCUT2D eigenvalue weighted by Gasteiger charge is -2.18. The van der Waals surface area contributed by atoms with Crippen LogP contribution in [-0.4, -0.2) is 37.2 Å². The molecule has 0 bridgehead atoms. The van der Waals surface area contributed by atoms with Gasteiger partial charge in [0.2, 0.25) is 0 Å². The van der Waals surface area contributed by atoms with Gasteiger partial charge >= 0.3 is 17.9 Å². The van der Waals surface area contributed by atoms with Crippen LogP contribution in [0.2, 0.25) is 0 Å². The first-order chi connectivity index (χ1) is 39.5. The van der Waals surface area contributed by atoms with Gasteiger partial charge in [-0.3, -0.25) is 14.4 Å². The lowest BCUT2D eigenvalue weighted by atomic mass is 10.0. The van der Waals surface area contributed by atoms with Crippen molar-refractivity contribution in [3.63, 3.8) is 0 Å². The quantitative estimate of drug-likeness (QED) is 0.0261. The molecule has 0 fully saturated rings. The van der Waals surface area contributed by atoms with E-state index in [1.165, 1.54) is 199 Å². The molecule has 1 unspecified atom stereocenters. The largest absolute Gasteiger partial charge is 0.462 e. The Balaban J connectivity index is 4.36. The predicted octanol–water partition coefficient (Wildman–Crippen LogP) is 23.6. The van der Waals surface area contributed by atoms with Crippen molar-refractivity contribution in [3.8, 4) is 0 Å². The topological polar surface area (TPSA) is 78.9 Å². The van der Waals surface area contributed by atoms with Crippen molar-refractivity contribution < 1.29 is 28.6 Å². The highest BCUT2D eigenvalue weighted by Gasteiger charge is 2.19. The number of unbranched alkanes of at least 4 members (excludes halogenated alkanes) is 35. The number of rotatable bonds is 62. The maximum absolute atomic E-state index is 12.9. The number of carbonyl (C=O) groups is 3. The molecule has 0 radical (unpaired) electrons. The number of carbonyl (C=O) groups excluding carboxylic acids is 3. The Hall–Kier alpha value is -3.67. The second kappa shape index (κ2) is 67.8. The zero-order chi connectivity index (χ0) is 57.8. The molecule has 0 aliphatic heterocycles. The third-order valence-corrected chi connectivity index (χ3v) is 14.8. The first kappa shape index (κ1) is 76.3. The van der Waals surface area contributed by atoms with Gasteiger partial charge in [-0.25, -0.2) is 0 Å². The van der Waals surface area contributed by atoms with Crippen molar-refractivity contribution in [1.82, 2.24) is 0 Å².